The summed E-state index contributed by atoms with van der Waals surface area (Å²) < 4.78 is 13.4. The van der Waals surface area contributed by atoms with E-state index in [0.29, 0.717) is 0 Å². The first-order valence-electron chi connectivity index (χ1n) is 34.6. The highest BCUT2D eigenvalue weighted by molar-refractivity contribution is 6.02. The van der Waals surface area contributed by atoms with Crippen molar-refractivity contribution in [3.63, 3.8) is 0 Å². The van der Waals surface area contributed by atoms with Gasteiger partial charge in [-0.25, -0.2) is 0 Å². The number of aromatic nitrogens is 5. The zero-order valence-electron chi connectivity index (χ0n) is 57.5. The van der Waals surface area contributed by atoms with Crippen LogP contribution in [0.15, 0.2) is 175 Å². The molecule has 0 aliphatic carbocycles. The molecule has 3 fully saturated rings. The van der Waals surface area contributed by atoms with Gasteiger partial charge in [0.1, 0.15) is 5.84 Å². The molecular weight excluding hydrogens is 1220 g/mol. The van der Waals surface area contributed by atoms with Crippen molar-refractivity contribution in [2.45, 2.75) is 51.4 Å². The molecule has 20 nitrogen and oxygen atoms in total. The molecule has 5 aliphatic heterocycles. The van der Waals surface area contributed by atoms with Crippen molar-refractivity contribution in [3.05, 3.63) is 209 Å². The van der Waals surface area contributed by atoms with Crippen molar-refractivity contribution in [1.29, 1.82) is 0 Å². The molecule has 0 spiro atoms. The average Bonchev–Trinajstić information content (AvgIpc) is 1.68. The van der Waals surface area contributed by atoms with E-state index in [4.69, 9.17) is 4.74 Å². The molecule has 4 N–H and O–H groups in total. The van der Waals surface area contributed by atoms with Crippen LogP contribution in [0.25, 0.3) is 53.9 Å². The van der Waals surface area contributed by atoms with Gasteiger partial charge in [0.25, 0.3) is 27.8 Å². The van der Waals surface area contributed by atoms with E-state index in [1.54, 1.807) is 64.3 Å². The molecule has 3 saturated heterocycles. The standard InChI is InChI=1S/C18H25N3O.C17H23N3O2.C16H21N3O.C14H15N3O.C12H12N2O/c1-20-13-8-15-14-16(6-7-17(15)18(20)22)19-9-5-12-21-10-3-2-4-11-21;1-19-8-5-14-13-15(3-4-16(14)17(19)21)18-6-2-7-20-9-11-22-12-10-20;1-18-10-6-13-12-14(4-5-15(13)16(18)20)17-7-11-19-8-2-3-9-19;1-16-8-6-15-13(16)11-3-4-12-10(9-11)5-7-17(2)14(12)18;1-14-5-3-8-7-11-9(2-4-13-11)6-10(8)12(14)15/h6-8,13-14,19H,2-5,9-12H2,1H3;3-5,8,13,18H,2,6-7,9-12H2,1H3;4-6,10,12,17H,2-3,7-9,11H2,1H3;3-5,7,9H,6,8H2,1-2H3;3,5-7,13H,2,4H2,1H3. The molecule has 5 aromatic heterocycles. The van der Waals surface area contributed by atoms with Crippen LogP contribution >= 0.6 is 0 Å². The van der Waals surface area contributed by atoms with Crippen LogP contribution in [0.1, 0.15) is 56.1 Å². The summed E-state index contributed by atoms with van der Waals surface area (Å²) in [5.74, 6) is 1.01. The van der Waals surface area contributed by atoms with E-state index >= 15 is 0 Å². The number of aliphatic imine (C=N–C) groups is 1. The van der Waals surface area contributed by atoms with E-state index in [1.807, 2.05) is 129 Å². The van der Waals surface area contributed by atoms with Crippen molar-refractivity contribution >= 4 is 82.4 Å². The van der Waals surface area contributed by atoms with Crippen LogP contribution < -0.4 is 49.1 Å². The molecule has 10 heterocycles. The number of hydrogen-bond donors (Lipinski definition) is 4. The molecule has 97 heavy (non-hydrogen) atoms. The Morgan fingerprint density at radius 1 is 0.412 bits per heavy atom. The van der Waals surface area contributed by atoms with Crippen LogP contribution in [-0.2, 0) is 46.4 Å². The Morgan fingerprint density at radius 3 is 1.28 bits per heavy atom. The first-order valence-corrected chi connectivity index (χ1v) is 34.6. The number of aryl methyl sites for hydroxylation is 5. The highest BCUT2D eigenvalue weighted by atomic mass is 16.5. The molecule has 0 amide bonds. The van der Waals surface area contributed by atoms with Gasteiger partial charge in [-0.2, -0.15) is 0 Å². The van der Waals surface area contributed by atoms with Crippen LogP contribution in [0.5, 0.6) is 0 Å². The Balaban J connectivity index is 0.000000124. The van der Waals surface area contributed by atoms with Crippen molar-refractivity contribution in [2.24, 2.45) is 40.2 Å². The Bertz CT molecular complexity index is 4580. The number of nitrogens with one attached hydrogen (secondary N) is 4. The van der Waals surface area contributed by atoms with Crippen molar-refractivity contribution in [1.82, 2.24) is 42.4 Å². The van der Waals surface area contributed by atoms with Crippen molar-refractivity contribution in [3.8, 4) is 0 Å². The van der Waals surface area contributed by atoms with Gasteiger partial charge in [-0.15, -0.1) is 0 Å². The Hall–Kier alpha value is -9.34. The SMILES string of the molecule is CN1CCN=C1c1ccc2c(=O)n(C)ccc2c1.Cn1ccc2cc(NCCCN3CCCCC3)ccc2c1=O.Cn1ccc2cc(NCCCN3CCOCC3)ccc2c1=O.Cn1ccc2cc(NCCN3CCCC3)ccc2c1=O.Cn1ccc2cc3c(cc2c1=O)CCN3. The largest absolute Gasteiger partial charge is 0.385 e. The van der Waals surface area contributed by atoms with Crippen LogP contribution in [0.2, 0.25) is 0 Å². The number of piperidine rings is 1. The van der Waals surface area contributed by atoms with E-state index in [0.717, 1.165) is 180 Å². The number of benzene rings is 5. The summed E-state index contributed by atoms with van der Waals surface area (Å²) in [4.78, 5) is 73.9. The van der Waals surface area contributed by atoms with Crippen LogP contribution in [-0.4, -0.2) is 167 Å². The summed E-state index contributed by atoms with van der Waals surface area (Å²) >= 11 is 0. The zero-order chi connectivity index (χ0) is 67.8. The minimum absolute atomic E-state index is 0.0424. The minimum atomic E-state index is 0.0424. The van der Waals surface area contributed by atoms with Crippen LogP contribution in [0, 0.1) is 0 Å². The summed E-state index contributed by atoms with van der Waals surface area (Å²) in [5.41, 5.74) is 7.07. The molecule has 0 atom stereocenters. The summed E-state index contributed by atoms with van der Waals surface area (Å²) in [6.45, 7) is 17.8. The first-order chi connectivity index (χ1) is 47.1. The number of anilines is 4. The quantitative estimate of drug-likeness (QED) is 0.0710. The van der Waals surface area contributed by atoms with Crippen LogP contribution in [0.3, 0.4) is 0 Å². The smallest absolute Gasteiger partial charge is 0.258 e. The maximum absolute atomic E-state index is 12.0. The Kier molecular flexibility index (Phi) is 23.5. The average molecular weight is 1310 g/mol. The number of morpholine rings is 1. The number of pyridine rings is 5. The zero-order valence-corrected chi connectivity index (χ0v) is 57.5. The molecule has 5 aromatic carbocycles. The third kappa shape index (κ3) is 17.8. The highest BCUT2D eigenvalue weighted by Crippen LogP contribution is 2.27. The van der Waals surface area contributed by atoms with Gasteiger partial charge in [0, 0.05) is 181 Å². The van der Waals surface area contributed by atoms with Gasteiger partial charge in [-0.3, -0.25) is 33.9 Å². The third-order valence-corrected chi connectivity index (χ3v) is 19.1. The summed E-state index contributed by atoms with van der Waals surface area (Å²) in [7, 11) is 10.9. The van der Waals surface area contributed by atoms with Gasteiger partial charge < -0.3 is 63.5 Å². The number of amidine groups is 1. The Labute approximate surface area is 567 Å². The molecular formula is C77H96N14O6. The molecule has 510 valence electrons. The fourth-order valence-electron chi connectivity index (χ4n) is 13.3. The second kappa shape index (κ2) is 33.1. The van der Waals surface area contributed by atoms with Gasteiger partial charge in [0.15, 0.2) is 0 Å². The number of likely N-dealkylation sites (N-methyl/N-ethyl adjacent to an activating group) is 1. The van der Waals surface area contributed by atoms with Crippen LogP contribution in [0.4, 0.5) is 22.7 Å². The van der Waals surface area contributed by atoms with E-state index in [-0.39, 0.29) is 27.8 Å². The predicted molar refractivity (Wildman–Crippen MR) is 400 cm³/mol. The fraction of sp³-hybridized carbons (Fsp3) is 0.403. The molecule has 15 rings (SSSR count). The monoisotopic (exact) mass is 1310 g/mol. The van der Waals surface area contributed by atoms with Gasteiger partial charge >= 0.3 is 0 Å². The summed E-state index contributed by atoms with van der Waals surface area (Å²) in [5, 5.41) is 22.6. The van der Waals surface area contributed by atoms with E-state index in [1.165, 1.54) is 76.1 Å². The number of rotatable bonds is 15. The lowest BCUT2D eigenvalue weighted by molar-refractivity contribution is 0.0378. The topological polar surface area (TPSA) is 193 Å². The van der Waals surface area contributed by atoms with Gasteiger partial charge in [-0.05, 0) is 226 Å². The number of likely N-dealkylation sites (tertiary alicyclic amines) is 2. The van der Waals surface area contributed by atoms with E-state index in [2.05, 4.69) is 64.1 Å². The number of fused-ring (bicyclic) bond motifs is 6. The molecule has 5 aliphatic rings. The second-order valence-electron chi connectivity index (χ2n) is 26.2. The molecule has 0 bridgehead atoms. The molecule has 0 unspecified atom stereocenters. The van der Waals surface area contributed by atoms with E-state index in [9.17, 15) is 24.0 Å². The second-order valence-corrected chi connectivity index (χ2v) is 26.2. The number of nitrogens with zero attached hydrogens (tertiary/aromatic N) is 10. The number of ether oxygens (including phenoxy) is 1. The third-order valence-electron chi connectivity index (χ3n) is 19.1. The lowest BCUT2D eigenvalue weighted by atomic mass is 10.1. The lowest BCUT2D eigenvalue weighted by Crippen LogP contribution is -2.37. The normalized spacial score (nSPS) is 15.5. The fourth-order valence-corrected chi connectivity index (χ4v) is 13.3. The first kappa shape index (κ1) is 69.0. The Morgan fingerprint density at radius 2 is 0.814 bits per heavy atom. The lowest BCUT2D eigenvalue weighted by Gasteiger charge is -2.26. The molecule has 0 radical (unpaired) electrons. The molecule has 0 saturated carbocycles. The van der Waals surface area contributed by atoms with Crippen molar-refractivity contribution in [2.75, 3.05) is 140 Å². The number of hydrogen-bond acceptors (Lipinski definition) is 15. The van der Waals surface area contributed by atoms with E-state index < -0.39 is 0 Å². The van der Waals surface area contributed by atoms with Gasteiger partial charge in [-0.1, -0.05) is 12.5 Å². The summed E-state index contributed by atoms with van der Waals surface area (Å²) in [6.07, 6.45) is 19.1. The van der Waals surface area contributed by atoms with Crippen molar-refractivity contribution < 1.29 is 4.74 Å². The van der Waals surface area contributed by atoms with Gasteiger partial charge in [0.05, 0.1) is 19.8 Å². The maximum Gasteiger partial charge on any atom is 0.258 e. The predicted octanol–water partition coefficient (Wildman–Crippen LogP) is 9.28. The highest BCUT2D eigenvalue weighted by Gasteiger charge is 2.17. The minimum Gasteiger partial charge on any atom is -0.385 e. The summed E-state index contributed by atoms with van der Waals surface area (Å²) in [6, 6.07) is 37.8. The van der Waals surface area contributed by atoms with Gasteiger partial charge in [0.2, 0.25) is 0 Å². The maximum atomic E-state index is 12.0. The molecule has 10 aromatic rings. The molecule has 20 heteroatoms.